The summed E-state index contributed by atoms with van der Waals surface area (Å²) in [4.78, 5) is 23.1. The minimum atomic E-state index is -1.07. The second-order valence-electron chi connectivity index (χ2n) is 5.07. The Labute approximate surface area is 136 Å². The zero-order valence-corrected chi connectivity index (χ0v) is 13.5. The summed E-state index contributed by atoms with van der Waals surface area (Å²) in [6.07, 6.45) is 1.67. The molecule has 2 N–H and O–H groups in total. The van der Waals surface area contributed by atoms with Gasteiger partial charge < -0.3 is 19.9 Å². The van der Waals surface area contributed by atoms with Gasteiger partial charge in [0.2, 0.25) is 5.91 Å². The molecule has 0 fully saturated rings. The summed E-state index contributed by atoms with van der Waals surface area (Å²) in [5, 5.41) is 11.6. The van der Waals surface area contributed by atoms with E-state index in [2.05, 4.69) is 11.9 Å². The van der Waals surface area contributed by atoms with Crippen molar-refractivity contribution in [2.45, 2.75) is 38.5 Å². The van der Waals surface area contributed by atoms with Gasteiger partial charge in [0.15, 0.2) is 0 Å². The molecule has 6 nitrogen and oxygen atoms in total. The number of carboxylic acids is 1. The zero-order valence-electron chi connectivity index (χ0n) is 13.5. The van der Waals surface area contributed by atoms with Crippen LogP contribution in [0.15, 0.2) is 36.9 Å². The van der Waals surface area contributed by atoms with Crippen molar-refractivity contribution in [3.8, 4) is 5.75 Å². The number of allylic oxidation sites excluding steroid dienone is 1. The van der Waals surface area contributed by atoms with Crippen molar-refractivity contribution >= 4 is 11.9 Å². The van der Waals surface area contributed by atoms with Crippen LogP contribution in [0, 0.1) is 0 Å². The number of hydrogen-bond acceptors (Lipinski definition) is 4. The van der Waals surface area contributed by atoms with E-state index in [1.54, 1.807) is 20.1 Å². The zero-order chi connectivity index (χ0) is 17.2. The van der Waals surface area contributed by atoms with Gasteiger partial charge in [-0.15, -0.1) is 6.58 Å². The molecule has 0 aliphatic heterocycles. The van der Waals surface area contributed by atoms with Gasteiger partial charge in [0, 0.05) is 0 Å². The number of amides is 1. The summed E-state index contributed by atoms with van der Waals surface area (Å²) in [7, 11) is 1.57. The van der Waals surface area contributed by atoms with Crippen molar-refractivity contribution in [3.63, 3.8) is 0 Å². The molecule has 1 aromatic rings. The molecule has 0 aliphatic carbocycles. The van der Waals surface area contributed by atoms with E-state index in [4.69, 9.17) is 14.6 Å². The molecule has 0 radical (unpaired) electrons. The van der Waals surface area contributed by atoms with Gasteiger partial charge in [-0.25, -0.2) is 4.79 Å². The molecule has 1 amide bonds. The van der Waals surface area contributed by atoms with Crippen molar-refractivity contribution in [1.82, 2.24) is 5.32 Å². The SMILES string of the molecule is C=CCCC(NC(=O)C(C)OCc1cccc(OC)c1)C(=O)O. The molecule has 1 aromatic carbocycles. The molecule has 0 bridgehead atoms. The Morgan fingerprint density at radius 1 is 1.43 bits per heavy atom. The van der Waals surface area contributed by atoms with Crippen molar-refractivity contribution < 1.29 is 24.2 Å². The second-order valence-corrected chi connectivity index (χ2v) is 5.07. The van der Waals surface area contributed by atoms with Gasteiger partial charge in [-0.3, -0.25) is 4.79 Å². The molecule has 23 heavy (non-hydrogen) atoms. The maximum Gasteiger partial charge on any atom is 0.326 e. The number of carbonyl (C=O) groups is 2. The summed E-state index contributed by atoms with van der Waals surface area (Å²) in [5.74, 6) is -0.817. The molecule has 0 spiro atoms. The summed E-state index contributed by atoms with van der Waals surface area (Å²) in [6.45, 7) is 5.36. The van der Waals surface area contributed by atoms with Gasteiger partial charge in [-0.1, -0.05) is 18.2 Å². The molecule has 126 valence electrons. The van der Waals surface area contributed by atoms with E-state index in [1.165, 1.54) is 0 Å². The van der Waals surface area contributed by atoms with Crippen molar-refractivity contribution in [1.29, 1.82) is 0 Å². The van der Waals surface area contributed by atoms with E-state index in [0.29, 0.717) is 18.6 Å². The topological polar surface area (TPSA) is 84.9 Å². The van der Waals surface area contributed by atoms with Crippen LogP contribution in [-0.4, -0.2) is 36.2 Å². The predicted octanol–water partition coefficient (Wildman–Crippen LogP) is 2.14. The lowest BCUT2D eigenvalue weighted by Crippen LogP contribution is -2.45. The van der Waals surface area contributed by atoms with Crippen LogP contribution in [0.1, 0.15) is 25.3 Å². The Morgan fingerprint density at radius 3 is 2.78 bits per heavy atom. The van der Waals surface area contributed by atoms with E-state index in [1.807, 2.05) is 24.3 Å². The highest BCUT2D eigenvalue weighted by molar-refractivity contribution is 5.86. The van der Waals surface area contributed by atoms with Crippen LogP contribution in [0.25, 0.3) is 0 Å². The Balaban J connectivity index is 2.51. The first-order valence-electron chi connectivity index (χ1n) is 7.36. The largest absolute Gasteiger partial charge is 0.497 e. The van der Waals surface area contributed by atoms with Crippen molar-refractivity contribution in [2.24, 2.45) is 0 Å². The maximum absolute atomic E-state index is 12.0. The number of carbonyl (C=O) groups excluding carboxylic acids is 1. The van der Waals surface area contributed by atoms with Gasteiger partial charge in [0.05, 0.1) is 13.7 Å². The number of nitrogens with one attached hydrogen (secondary N) is 1. The fourth-order valence-electron chi connectivity index (χ4n) is 1.89. The predicted molar refractivity (Wildman–Crippen MR) is 86.2 cm³/mol. The average Bonchev–Trinajstić information content (AvgIpc) is 2.56. The first-order valence-corrected chi connectivity index (χ1v) is 7.36. The lowest BCUT2D eigenvalue weighted by Gasteiger charge is -2.18. The third kappa shape index (κ3) is 6.52. The van der Waals surface area contributed by atoms with E-state index >= 15 is 0 Å². The molecule has 0 saturated carbocycles. The third-order valence-electron chi connectivity index (χ3n) is 3.28. The summed E-state index contributed by atoms with van der Waals surface area (Å²) in [6, 6.07) is 6.38. The molecule has 0 aromatic heterocycles. The van der Waals surface area contributed by atoms with Crippen LogP contribution in [0.4, 0.5) is 0 Å². The van der Waals surface area contributed by atoms with E-state index in [-0.39, 0.29) is 6.61 Å². The number of aliphatic carboxylic acids is 1. The van der Waals surface area contributed by atoms with Gasteiger partial charge in [0.1, 0.15) is 17.9 Å². The molecular formula is C17H23NO5. The summed E-state index contributed by atoms with van der Waals surface area (Å²) in [5.41, 5.74) is 0.866. The number of carboxylic acid groups (broad SMARTS) is 1. The van der Waals surface area contributed by atoms with Gasteiger partial charge in [-0.05, 0) is 37.5 Å². The molecule has 0 saturated heterocycles. The average molecular weight is 321 g/mol. The molecule has 2 unspecified atom stereocenters. The number of methoxy groups -OCH3 is 1. The number of benzene rings is 1. The van der Waals surface area contributed by atoms with Crippen molar-refractivity contribution in [3.05, 3.63) is 42.5 Å². The highest BCUT2D eigenvalue weighted by Gasteiger charge is 2.22. The Bertz CT molecular complexity index is 544. The van der Waals surface area contributed by atoms with Crippen LogP contribution in [0.2, 0.25) is 0 Å². The van der Waals surface area contributed by atoms with Crippen LogP contribution in [-0.2, 0) is 20.9 Å². The Hall–Kier alpha value is -2.34. The van der Waals surface area contributed by atoms with Crippen LogP contribution < -0.4 is 10.1 Å². The molecule has 2 atom stereocenters. The summed E-state index contributed by atoms with van der Waals surface area (Å²) >= 11 is 0. The Morgan fingerprint density at radius 2 is 2.17 bits per heavy atom. The second kappa shape index (κ2) is 9.63. The number of ether oxygens (including phenoxy) is 2. The highest BCUT2D eigenvalue weighted by atomic mass is 16.5. The Kier molecular flexibility index (Phi) is 7.83. The first-order chi connectivity index (χ1) is 11.0. The smallest absolute Gasteiger partial charge is 0.326 e. The molecule has 6 heteroatoms. The fourth-order valence-corrected chi connectivity index (χ4v) is 1.89. The maximum atomic E-state index is 12.0. The number of rotatable bonds is 10. The van der Waals surface area contributed by atoms with Crippen molar-refractivity contribution in [2.75, 3.05) is 7.11 Å². The normalized spacial score (nSPS) is 13.0. The van der Waals surface area contributed by atoms with Gasteiger partial charge >= 0.3 is 5.97 Å². The van der Waals surface area contributed by atoms with E-state index < -0.39 is 24.0 Å². The molecule has 0 aliphatic rings. The highest BCUT2D eigenvalue weighted by Crippen LogP contribution is 2.14. The third-order valence-corrected chi connectivity index (χ3v) is 3.28. The summed E-state index contributed by atoms with van der Waals surface area (Å²) < 4.78 is 10.6. The lowest BCUT2D eigenvalue weighted by atomic mass is 10.1. The van der Waals surface area contributed by atoms with Crippen LogP contribution >= 0.6 is 0 Å². The van der Waals surface area contributed by atoms with Crippen LogP contribution in [0.5, 0.6) is 5.75 Å². The first kappa shape index (κ1) is 18.7. The minimum absolute atomic E-state index is 0.232. The van der Waals surface area contributed by atoms with E-state index in [9.17, 15) is 9.59 Å². The standard InChI is InChI=1S/C17H23NO5/c1-4-5-9-15(17(20)21)18-16(19)12(2)23-11-13-7-6-8-14(10-13)22-3/h4,6-8,10,12,15H,1,5,9,11H2,2-3H3,(H,18,19)(H,20,21). The van der Waals surface area contributed by atoms with Gasteiger partial charge in [-0.2, -0.15) is 0 Å². The number of hydrogen-bond donors (Lipinski definition) is 2. The van der Waals surface area contributed by atoms with E-state index in [0.717, 1.165) is 5.56 Å². The molecular weight excluding hydrogens is 298 g/mol. The molecule has 0 heterocycles. The van der Waals surface area contributed by atoms with Crippen LogP contribution in [0.3, 0.4) is 0 Å². The van der Waals surface area contributed by atoms with Gasteiger partial charge in [0.25, 0.3) is 0 Å². The fraction of sp³-hybridized carbons (Fsp3) is 0.412. The monoisotopic (exact) mass is 321 g/mol. The lowest BCUT2D eigenvalue weighted by molar-refractivity contribution is -0.144. The quantitative estimate of drug-likeness (QED) is 0.645. The minimum Gasteiger partial charge on any atom is -0.497 e. The molecule has 1 rings (SSSR count).